The third kappa shape index (κ3) is 3.11. The number of nitrogens with zero attached hydrogens (tertiary/aromatic N) is 1. The number of hydrogen-bond donors (Lipinski definition) is 1. The number of hydrogen-bond acceptors (Lipinski definition) is 5. The predicted octanol–water partition coefficient (Wildman–Crippen LogP) is 4.33. The van der Waals surface area contributed by atoms with Gasteiger partial charge in [-0.25, -0.2) is 0 Å². The summed E-state index contributed by atoms with van der Waals surface area (Å²) in [7, 11) is 0. The fraction of sp³-hybridized carbons (Fsp3) is 0.158. The van der Waals surface area contributed by atoms with Crippen molar-refractivity contribution in [3.63, 3.8) is 0 Å². The van der Waals surface area contributed by atoms with E-state index in [4.69, 9.17) is 25.6 Å². The van der Waals surface area contributed by atoms with Crippen LogP contribution in [0.2, 0.25) is 5.02 Å². The van der Waals surface area contributed by atoms with E-state index in [1.165, 1.54) is 0 Å². The van der Waals surface area contributed by atoms with Crippen molar-refractivity contribution in [2.24, 2.45) is 0 Å². The summed E-state index contributed by atoms with van der Waals surface area (Å²) in [6.45, 7) is 2.86. The zero-order valence-corrected chi connectivity index (χ0v) is 14.7. The predicted molar refractivity (Wildman–Crippen MR) is 97.1 cm³/mol. The highest BCUT2D eigenvalue weighted by Gasteiger charge is 2.18. The van der Waals surface area contributed by atoms with Crippen molar-refractivity contribution in [3.8, 4) is 22.8 Å². The number of benzene rings is 2. The molecule has 132 valence electrons. The molecule has 0 spiro atoms. The molecule has 2 heterocycles. The van der Waals surface area contributed by atoms with Crippen molar-refractivity contribution in [3.05, 3.63) is 58.7 Å². The SMILES string of the molecule is Cc1c(Cl)cccc1NC(=O)c1cc(-c2ccc3c(c2)OCCO3)on1. The fourth-order valence-corrected chi connectivity index (χ4v) is 2.82. The van der Waals surface area contributed by atoms with Gasteiger partial charge < -0.3 is 19.3 Å². The van der Waals surface area contributed by atoms with Gasteiger partial charge in [0.1, 0.15) is 13.2 Å². The molecule has 0 bridgehead atoms. The summed E-state index contributed by atoms with van der Waals surface area (Å²) in [4.78, 5) is 12.4. The van der Waals surface area contributed by atoms with E-state index in [-0.39, 0.29) is 11.6 Å². The largest absolute Gasteiger partial charge is 0.486 e. The van der Waals surface area contributed by atoms with E-state index in [0.717, 1.165) is 11.1 Å². The number of fused-ring (bicyclic) bond motifs is 1. The van der Waals surface area contributed by atoms with Gasteiger partial charge in [-0.2, -0.15) is 0 Å². The summed E-state index contributed by atoms with van der Waals surface area (Å²) in [5.41, 5.74) is 2.35. The van der Waals surface area contributed by atoms with Crippen LogP contribution in [0.4, 0.5) is 5.69 Å². The zero-order valence-electron chi connectivity index (χ0n) is 13.9. The van der Waals surface area contributed by atoms with Gasteiger partial charge in [0.15, 0.2) is 23.0 Å². The van der Waals surface area contributed by atoms with Crippen molar-refractivity contribution in [2.45, 2.75) is 6.92 Å². The van der Waals surface area contributed by atoms with E-state index >= 15 is 0 Å². The molecule has 1 aromatic heterocycles. The summed E-state index contributed by atoms with van der Waals surface area (Å²) in [5, 5.41) is 7.24. The van der Waals surface area contributed by atoms with Gasteiger partial charge in [0.25, 0.3) is 5.91 Å². The molecule has 1 aliphatic heterocycles. The molecule has 6 nitrogen and oxygen atoms in total. The third-order valence-corrected chi connectivity index (χ3v) is 4.49. The second kappa shape index (κ2) is 6.72. The van der Waals surface area contributed by atoms with E-state index in [9.17, 15) is 4.79 Å². The Morgan fingerprint density at radius 1 is 1.12 bits per heavy atom. The lowest BCUT2D eigenvalue weighted by molar-refractivity contribution is 0.101. The minimum absolute atomic E-state index is 0.175. The Hall–Kier alpha value is -2.99. The van der Waals surface area contributed by atoms with Gasteiger partial charge in [0.2, 0.25) is 0 Å². The molecule has 0 fully saturated rings. The highest BCUT2D eigenvalue weighted by Crippen LogP contribution is 2.34. The van der Waals surface area contributed by atoms with Gasteiger partial charge in [-0.05, 0) is 42.8 Å². The molecule has 0 saturated heterocycles. The minimum Gasteiger partial charge on any atom is -0.486 e. The Morgan fingerprint density at radius 2 is 1.92 bits per heavy atom. The second-order valence-electron chi connectivity index (χ2n) is 5.80. The Kier molecular flexibility index (Phi) is 4.26. The molecule has 26 heavy (non-hydrogen) atoms. The Bertz CT molecular complexity index is 983. The lowest BCUT2D eigenvalue weighted by atomic mass is 10.1. The molecule has 1 amide bonds. The van der Waals surface area contributed by atoms with Crippen molar-refractivity contribution in [1.82, 2.24) is 5.16 Å². The number of amides is 1. The normalized spacial score (nSPS) is 12.7. The molecule has 4 rings (SSSR count). The van der Waals surface area contributed by atoms with Crippen molar-refractivity contribution in [1.29, 1.82) is 0 Å². The molecule has 0 aliphatic carbocycles. The molecule has 1 aliphatic rings. The van der Waals surface area contributed by atoms with E-state index in [0.29, 0.717) is 41.2 Å². The molecule has 0 saturated carbocycles. The van der Waals surface area contributed by atoms with Gasteiger partial charge in [0, 0.05) is 22.3 Å². The number of halogens is 1. The van der Waals surface area contributed by atoms with E-state index in [1.54, 1.807) is 36.4 Å². The molecule has 3 aromatic rings. The van der Waals surface area contributed by atoms with Crippen LogP contribution >= 0.6 is 11.6 Å². The maximum Gasteiger partial charge on any atom is 0.277 e. The van der Waals surface area contributed by atoms with Crippen LogP contribution in [-0.4, -0.2) is 24.3 Å². The molecule has 0 unspecified atom stereocenters. The smallest absolute Gasteiger partial charge is 0.277 e. The number of aromatic nitrogens is 1. The molecule has 7 heteroatoms. The molecule has 0 atom stereocenters. The summed E-state index contributed by atoms with van der Waals surface area (Å²) in [6.07, 6.45) is 0. The van der Waals surface area contributed by atoms with Crippen LogP contribution < -0.4 is 14.8 Å². The van der Waals surface area contributed by atoms with Gasteiger partial charge in [-0.1, -0.05) is 22.8 Å². The van der Waals surface area contributed by atoms with Gasteiger partial charge in [-0.15, -0.1) is 0 Å². The molecule has 1 N–H and O–H groups in total. The van der Waals surface area contributed by atoms with E-state index in [2.05, 4.69) is 10.5 Å². The lowest BCUT2D eigenvalue weighted by Gasteiger charge is -2.18. The highest BCUT2D eigenvalue weighted by atomic mass is 35.5. The molecular formula is C19H15ClN2O4. The number of anilines is 1. The van der Waals surface area contributed by atoms with Gasteiger partial charge in [-0.3, -0.25) is 4.79 Å². The summed E-state index contributed by atoms with van der Waals surface area (Å²) >= 11 is 6.08. The van der Waals surface area contributed by atoms with Gasteiger partial charge >= 0.3 is 0 Å². The first-order valence-electron chi connectivity index (χ1n) is 8.05. The van der Waals surface area contributed by atoms with E-state index < -0.39 is 0 Å². The van der Waals surface area contributed by atoms with Crippen molar-refractivity contribution >= 4 is 23.2 Å². The third-order valence-electron chi connectivity index (χ3n) is 4.09. The number of nitrogens with one attached hydrogen (secondary N) is 1. The summed E-state index contributed by atoms with van der Waals surface area (Å²) < 4.78 is 16.4. The van der Waals surface area contributed by atoms with Crippen LogP contribution in [0, 0.1) is 6.92 Å². The van der Waals surface area contributed by atoms with Crippen LogP contribution in [0.25, 0.3) is 11.3 Å². The standard InChI is InChI=1S/C19H15ClN2O4/c1-11-13(20)3-2-4-14(11)21-19(23)15-10-17(26-22-15)12-5-6-16-18(9-12)25-8-7-24-16/h2-6,9-10H,7-8H2,1H3,(H,21,23). The maximum absolute atomic E-state index is 12.4. The number of ether oxygens (including phenoxy) is 2. The van der Waals surface area contributed by atoms with Crippen molar-refractivity contribution in [2.75, 3.05) is 18.5 Å². The zero-order chi connectivity index (χ0) is 18.1. The number of rotatable bonds is 3. The number of carbonyl (C=O) groups excluding carboxylic acids is 1. The molecule has 0 radical (unpaired) electrons. The van der Waals surface area contributed by atoms with Crippen LogP contribution in [0.5, 0.6) is 11.5 Å². The maximum atomic E-state index is 12.4. The Labute approximate surface area is 154 Å². The first-order valence-corrected chi connectivity index (χ1v) is 8.43. The molecule has 2 aromatic carbocycles. The molecular weight excluding hydrogens is 356 g/mol. The topological polar surface area (TPSA) is 73.6 Å². The lowest BCUT2D eigenvalue weighted by Crippen LogP contribution is -2.15. The van der Waals surface area contributed by atoms with E-state index in [1.807, 2.05) is 13.0 Å². The van der Waals surface area contributed by atoms with Gasteiger partial charge in [0.05, 0.1) is 0 Å². The fourth-order valence-electron chi connectivity index (χ4n) is 2.64. The van der Waals surface area contributed by atoms with Crippen LogP contribution in [0.1, 0.15) is 16.1 Å². The van der Waals surface area contributed by atoms with Crippen LogP contribution in [-0.2, 0) is 0 Å². The average Bonchev–Trinajstić information content (AvgIpc) is 3.15. The number of carbonyl (C=O) groups is 1. The quantitative estimate of drug-likeness (QED) is 0.743. The highest BCUT2D eigenvalue weighted by molar-refractivity contribution is 6.31. The first-order chi connectivity index (χ1) is 12.6. The van der Waals surface area contributed by atoms with Crippen molar-refractivity contribution < 1.29 is 18.8 Å². The first kappa shape index (κ1) is 16.5. The monoisotopic (exact) mass is 370 g/mol. The summed E-state index contributed by atoms with van der Waals surface area (Å²) in [6, 6.07) is 12.3. The Morgan fingerprint density at radius 3 is 2.77 bits per heavy atom. The minimum atomic E-state index is -0.372. The Balaban J connectivity index is 1.56. The summed E-state index contributed by atoms with van der Waals surface area (Å²) in [5.74, 6) is 1.43. The second-order valence-corrected chi connectivity index (χ2v) is 6.21. The van der Waals surface area contributed by atoms with Crippen LogP contribution in [0.15, 0.2) is 47.0 Å². The average molecular weight is 371 g/mol. The van der Waals surface area contributed by atoms with Crippen LogP contribution in [0.3, 0.4) is 0 Å².